The third-order valence-corrected chi connectivity index (χ3v) is 2.40. The molecule has 0 saturated carbocycles. The SMILES string of the molecule is COC(CCBr)COc1ccccc1. The topological polar surface area (TPSA) is 18.5 Å². The first kappa shape index (κ1) is 11.5. The molecule has 3 heteroatoms. The lowest BCUT2D eigenvalue weighted by Crippen LogP contribution is -2.20. The number of alkyl halides is 1. The van der Waals surface area contributed by atoms with Crippen LogP contribution in [0.25, 0.3) is 0 Å². The lowest BCUT2D eigenvalue weighted by molar-refractivity contribution is 0.0566. The van der Waals surface area contributed by atoms with Crippen molar-refractivity contribution < 1.29 is 9.47 Å². The van der Waals surface area contributed by atoms with Gasteiger partial charge < -0.3 is 9.47 Å². The van der Waals surface area contributed by atoms with Crippen LogP contribution in [0.15, 0.2) is 30.3 Å². The Bertz CT molecular complexity index is 238. The van der Waals surface area contributed by atoms with Gasteiger partial charge in [0.15, 0.2) is 0 Å². The highest BCUT2D eigenvalue weighted by Crippen LogP contribution is 2.10. The van der Waals surface area contributed by atoms with Gasteiger partial charge in [-0.3, -0.25) is 0 Å². The van der Waals surface area contributed by atoms with E-state index in [2.05, 4.69) is 15.9 Å². The van der Waals surface area contributed by atoms with Crippen LogP contribution >= 0.6 is 15.9 Å². The molecule has 1 aromatic carbocycles. The number of halogens is 1. The molecule has 1 unspecified atom stereocenters. The second kappa shape index (κ2) is 6.85. The van der Waals surface area contributed by atoms with Crippen LogP contribution < -0.4 is 4.74 Å². The van der Waals surface area contributed by atoms with Crippen molar-refractivity contribution in [2.24, 2.45) is 0 Å². The minimum atomic E-state index is 0.162. The predicted molar refractivity (Wildman–Crippen MR) is 61.1 cm³/mol. The van der Waals surface area contributed by atoms with E-state index in [9.17, 15) is 0 Å². The maximum Gasteiger partial charge on any atom is 0.119 e. The maximum absolute atomic E-state index is 5.57. The zero-order valence-corrected chi connectivity index (χ0v) is 9.87. The minimum absolute atomic E-state index is 0.162. The molecule has 0 aliphatic rings. The van der Waals surface area contributed by atoms with Gasteiger partial charge in [0.05, 0.1) is 6.10 Å². The minimum Gasteiger partial charge on any atom is -0.491 e. The molecule has 0 heterocycles. The fourth-order valence-electron chi connectivity index (χ4n) is 1.10. The molecule has 0 saturated heterocycles. The van der Waals surface area contributed by atoms with Gasteiger partial charge in [-0.25, -0.2) is 0 Å². The monoisotopic (exact) mass is 258 g/mol. The molecule has 0 amide bonds. The van der Waals surface area contributed by atoms with Crippen LogP contribution in [0.3, 0.4) is 0 Å². The van der Waals surface area contributed by atoms with E-state index in [1.165, 1.54) is 0 Å². The lowest BCUT2D eigenvalue weighted by atomic mass is 10.3. The summed E-state index contributed by atoms with van der Waals surface area (Å²) >= 11 is 3.38. The van der Waals surface area contributed by atoms with Crippen LogP contribution in [0.2, 0.25) is 0 Å². The molecule has 78 valence electrons. The van der Waals surface area contributed by atoms with Crippen LogP contribution in [-0.2, 0) is 4.74 Å². The van der Waals surface area contributed by atoms with Crippen molar-refractivity contribution in [3.63, 3.8) is 0 Å². The summed E-state index contributed by atoms with van der Waals surface area (Å²) in [5.74, 6) is 0.893. The maximum atomic E-state index is 5.57. The predicted octanol–water partition coefficient (Wildman–Crippen LogP) is 2.87. The Labute approximate surface area is 93.4 Å². The van der Waals surface area contributed by atoms with Crippen LogP contribution in [0.4, 0.5) is 0 Å². The highest BCUT2D eigenvalue weighted by atomic mass is 79.9. The largest absolute Gasteiger partial charge is 0.491 e. The number of benzene rings is 1. The average molecular weight is 259 g/mol. The van der Waals surface area contributed by atoms with Crippen LogP contribution in [-0.4, -0.2) is 25.2 Å². The molecular formula is C11H15BrO2. The van der Waals surface area contributed by atoms with E-state index in [-0.39, 0.29) is 6.10 Å². The van der Waals surface area contributed by atoms with Crippen LogP contribution in [0.1, 0.15) is 6.42 Å². The van der Waals surface area contributed by atoms with Gasteiger partial charge in [-0.1, -0.05) is 34.1 Å². The molecule has 0 aliphatic heterocycles. The van der Waals surface area contributed by atoms with Gasteiger partial charge in [-0.05, 0) is 18.6 Å². The number of hydrogen-bond acceptors (Lipinski definition) is 2. The molecule has 14 heavy (non-hydrogen) atoms. The smallest absolute Gasteiger partial charge is 0.119 e. The molecule has 0 bridgehead atoms. The molecule has 0 radical (unpaired) electrons. The van der Waals surface area contributed by atoms with Gasteiger partial charge in [0.2, 0.25) is 0 Å². The van der Waals surface area contributed by atoms with E-state index in [1.807, 2.05) is 30.3 Å². The van der Waals surface area contributed by atoms with Crippen LogP contribution in [0.5, 0.6) is 5.75 Å². The molecule has 0 fully saturated rings. The molecule has 1 aromatic rings. The highest BCUT2D eigenvalue weighted by Gasteiger charge is 2.06. The Morgan fingerprint density at radius 1 is 1.29 bits per heavy atom. The molecule has 0 N–H and O–H groups in total. The first-order chi connectivity index (χ1) is 6.86. The summed E-state index contributed by atoms with van der Waals surface area (Å²) in [7, 11) is 1.71. The third-order valence-electron chi connectivity index (χ3n) is 1.94. The zero-order chi connectivity index (χ0) is 10.2. The number of hydrogen-bond donors (Lipinski definition) is 0. The lowest BCUT2D eigenvalue weighted by Gasteiger charge is -2.14. The van der Waals surface area contributed by atoms with Gasteiger partial charge in [-0.2, -0.15) is 0 Å². The first-order valence-electron chi connectivity index (χ1n) is 4.63. The Hall–Kier alpha value is -0.540. The zero-order valence-electron chi connectivity index (χ0n) is 8.28. The summed E-state index contributed by atoms with van der Waals surface area (Å²) in [6.45, 7) is 0.603. The molecule has 1 rings (SSSR count). The van der Waals surface area contributed by atoms with Crippen molar-refractivity contribution >= 4 is 15.9 Å². The quantitative estimate of drug-likeness (QED) is 0.731. The average Bonchev–Trinajstić information content (AvgIpc) is 2.25. The van der Waals surface area contributed by atoms with Gasteiger partial charge in [0.25, 0.3) is 0 Å². The normalized spacial score (nSPS) is 12.4. The van der Waals surface area contributed by atoms with Crippen LogP contribution in [0, 0.1) is 0 Å². The Balaban J connectivity index is 2.32. The molecule has 0 spiro atoms. The molecular weight excluding hydrogens is 244 g/mol. The summed E-state index contributed by atoms with van der Waals surface area (Å²) in [6.07, 6.45) is 1.12. The van der Waals surface area contributed by atoms with Crippen molar-refractivity contribution in [2.45, 2.75) is 12.5 Å². The first-order valence-corrected chi connectivity index (χ1v) is 5.75. The standard InChI is InChI=1S/C11H15BrO2/c1-13-11(7-8-12)9-14-10-5-3-2-4-6-10/h2-6,11H,7-9H2,1H3. The number of methoxy groups -OCH3 is 1. The van der Waals surface area contributed by atoms with Gasteiger partial charge >= 0.3 is 0 Å². The molecule has 1 atom stereocenters. The third kappa shape index (κ3) is 4.11. The molecule has 0 aromatic heterocycles. The summed E-state index contributed by atoms with van der Waals surface area (Å²) in [5.41, 5.74) is 0. The van der Waals surface area contributed by atoms with Gasteiger partial charge in [0, 0.05) is 12.4 Å². The number of rotatable bonds is 6. The second-order valence-electron chi connectivity index (χ2n) is 2.96. The van der Waals surface area contributed by atoms with E-state index in [0.717, 1.165) is 17.5 Å². The summed E-state index contributed by atoms with van der Waals surface area (Å²) in [4.78, 5) is 0. The Morgan fingerprint density at radius 2 is 2.00 bits per heavy atom. The number of para-hydroxylation sites is 1. The van der Waals surface area contributed by atoms with E-state index >= 15 is 0 Å². The molecule has 0 aliphatic carbocycles. The highest BCUT2D eigenvalue weighted by molar-refractivity contribution is 9.09. The number of ether oxygens (including phenoxy) is 2. The van der Waals surface area contributed by atoms with E-state index in [1.54, 1.807) is 7.11 Å². The Kier molecular flexibility index (Phi) is 5.64. The molecule has 2 nitrogen and oxygen atoms in total. The Morgan fingerprint density at radius 3 is 2.57 bits per heavy atom. The summed E-state index contributed by atoms with van der Waals surface area (Å²) in [5, 5.41) is 0.934. The fraction of sp³-hybridized carbons (Fsp3) is 0.455. The summed E-state index contributed by atoms with van der Waals surface area (Å²) in [6, 6.07) is 9.78. The van der Waals surface area contributed by atoms with E-state index < -0.39 is 0 Å². The summed E-state index contributed by atoms with van der Waals surface area (Å²) < 4.78 is 10.8. The van der Waals surface area contributed by atoms with Crippen molar-refractivity contribution in [3.8, 4) is 5.75 Å². The fourth-order valence-corrected chi connectivity index (χ4v) is 1.61. The van der Waals surface area contributed by atoms with Crippen molar-refractivity contribution in [1.29, 1.82) is 0 Å². The van der Waals surface area contributed by atoms with E-state index in [4.69, 9.17) is 9.47 Å². The van der Waals surface area contributed by atoms with Crippen molar-refractivity contribution in [3.05, 3.63) is 30.3 Å². The van der Waals surface area contributed by atoms with Crippen molar-refractivity contribution in [1.82, 2.24) is 0 Å². The second-order valence-corrected chi connectivity index (χ2v) is 3.75. The van der Waals surface area contributed by atoms with E-state index in [0.29, 0.717) is 6.61 Å². The van der Waals surface area contributed by atoms with Crippen molar-refractivity contribution in [2.75, 3.05) is 19.0 Å². The van der Waals surface area contributed by atoms with Gasteiger partial charge in [-0.15, -0.1) is 0 Å². The van der Waals surface area contributed by atoms with Gasteiger partial charge in [0.1, 0.15) is 12.4 Å².